The first-order chi connectivity index (χ1) is 11.9. The third-order valence-electron chi connectivity index (χ3n) is 3.68. The average molecular weight is 484 g/mol. The maximum absolute atomic E-state index is 12.7. The van der Waals surface area contributed by atoms with Crippen molar-refractivity contribution in [1.29, 1.82) is 0 Å². The zero-order chi connectivity index (χ0) is 18.3. The Labute approximate surface area is 168 Å². The molecule has 1 aromatic carbocycles. The molecule has 0 aromatic heterocycles. The first-order valence-electron chi connectivity index (χ1n) is 8.36. The van der Waals surface area contributed by atoms with Gasteiger partial charge in [-0.1, -0.05) is 12.1 Å². The van der Waals surface area contributed by atoms with Crippen LogP contribution in [0.15, 0.2) is 29.3 Å². The Bertz CT molecular complexity index is 618. The van der Waals surface area contributed by atoms with Gasteiger partial charge in [0.05, 0.1) is 12.1 Å². The van der Waals surface area contributed by atoms with E-state index in [9.17, 15) is 18.0 Å². The summed E-state index contributed by atoms with van der Waals surface area (Å²) in [7, 11) is 0. The number of amides is 1. The number of guanidine groups is 1. The third-order valence-corrected chi connectivity index (χ3v) is 3.68. The van der Waals surface area contributed by atoms with Crippen molar-refractivity contribution in [3.05, 3.63) is 35.4 Å². The van der Waals surface area contributed by atoms with E-state index in [1.54, 1.807) is 6.07 Å². The van der Waals surface area contributed by atoms with E-state index >= 15 is 0 Å². The van der Waals surface area contributed by atoms with Crippen LogP contribution in [0.3, 0.4) is 0 Å². The van der Waals surface area contributed by atoms with Crippen LogP contribution in [0.5, 0.6) is 0 Å². The van der Waals surface area contributed by atoms with Crippen LogP contribution in [0, 0.1) is 5.92 Å². The predicted octanol–water partition coefficient (Wildman–Crippen LogP) is 2.90. The fraction of sp³-hybridized carbons (Fsp3) is 0.529. The molecule has 1 aromatic rings. The number of hydrogen-bond donors (Lipinski definition) is 3. The molecule has 1 fully saturated rings. The van der Waals surface area contributed by atoms with Gasteiger partial charge in [-0.25, -0.2) is 4.99 Å². The molecule has 1 saturated carbocycles. The molecule has 0 bridgehead atoms. The van der Waals surface area contributed by atoms with Crippen LogP contribution < -0.4 is 16.0 Å². The number of halogens is 4. The number of benzene rings is 1. The van der Waals surface area contributed by atoms with Gasteiger partial charge in [0.15, 0.2) is 5.96 Å². The quantitative estimate of drug-likeness (QED) is 0.242. The van der Waals surface area contributed by atoms with Crippen LogP contribution in [0.4, 0.5) is 13.2 Å². The second kappa shape index (κ2) is 10.6. The van der Waals surface area contributed by atoms with Crippen molar-refractivity contribution in [3.63, 3.8) is 0 Å². The molecule has 26 heavy (non-hydrogen) atoms. The van der Waals surface area contributed by atoms with Crippen molar-refractivity contribution in [2.75, 3.05) is 19.6 Å². The molecular weight excluding hydrogens is 460 g/mol. The summed E-state index contributed by atoms with van der Waals surface area (Å²) in [5.41, 5.74) is -0.199. The minimum atomic E-state index is -4.36. The van der Waals surface area contributed by atoms with Gasteiger partial charge < -0.3 is 16.0 Å². The summed E-state index contributed by atoms with van der Waals surface area (Å²) in [6.07, 6.45) is -2.44. The predicted molar refractivity (Wildman–Crippen MR) is 105 cm³/mol. The van der Waals surface area contributed by atoms with Gasteiger partial charge in [-0.3, -0.25) is 4.79 Å². The van der Waals surface area contributed by atoms with Crippen molar-refractivity contribution in [2.24, 2.45) is 10.9 Å². The van der Waals surface area contributed by atoms with E-state index in [0.29, 0.717) is 31.2 Å². The number of hydrogen-bond acceptors (Lipinski definition) is 2. The lowest BCUT2D eigenvalue weighted by atomic mass is 10.1. The standard InChI is InChI=1S/C17H23F3N4O.HI/c1-2-21-16(23-9-8-22-15(25)13-6-7-13)24-11-12-4-3-5-14(10-12)17(18,19)20;/h3-5,10,13H,2,6-9,11H2,1H3,(H,22,25)(H2,21,23,24);1H. The molecule has 0 atom stereocenters. The Morgan fingerprint density at radius 2 is 1.88 bits per heavy atom. The molecule has 5 nitrogen and oxygen atoms in total. The number of nitrogens with zero attached hydrogens (tertiary/aromatic N) is 1. The molecule has 1 amide bonds. The molecule has 0 spiro atoms. The summed E-state index contributed by atoms with van der Waals surface area (Å²) in [5.74, 6) is 0.746. The number of nitrogens with one attached hydrogen (secondary N) is 3. The summed E-state index contributed by atoms with van der Waals surface area (Å²) in [6.45, 7) is 3.63. The highest BCUT2D eigenvalue weighted by molar-refractivity contribution is 14.0. The molecule has 0 radical (unpaired) electrons. The minimum absolute atomic E-state index is 0. The zero-order valence-corrected chi connectivity index (χ0v) is 16.9. The number of aliphatic imine (C=N–C) groups is 1. The fourth-order valence-electron chi connectivity index (χ4n) is 2.21. The number of carbonyl (C=O) groups is 1. The van der Waals surface area contributed by atoms with Crippen molar-refractivity contribution in [1.82, 2.24) is 16.0 Å². The number of rotatable bonds is 7. The number of carbonyl (C=O) groups excluding carboxylic acids is 1. The smallest absolute Gasteiger partial charge is 0.357 e. The van der Waals surface area contributed by atoms with Crippen molar-refractivity contribution >= 4 is 35.8 Å². The number of alkyl halides is 3. The lowest BCUT2D eigenvalue weighted by Gasteiger charge is -2.12. The highest BCUT2D eigenvalue weighted by Gasteiger charge is 2.30. The molecular formula is C17H24F3IN4O. The van der Waals surface area contributed by atoms with Crippen molar-refractivity contribution < 1.29 is 18.0 Å². The Morgan fingerprint density at radius 1 is 1.19 bits per heavy atom. The lowest BCUT2D eigenvalue weighted by molar-refractivity contribution is -0.137. The SMILES string of the molecule is CCNC(=NCc1cccc(C(F)(F)F)c1)NCCNC(=O)C1CC1.I. The Morgan fingerprint density at radius 3 is 2.50 bits per heavy atom. The molecule has 1 aliphatic carbocycles. The second-order valence-corrected chi connectivity index (χ2v) is 5.89. The first-order valence-corrected chi connectivity index (χ1v) is 8.36. The molecule has 0 aliphatic heterocycles. The molecule has 9 heteroatoms. The molecule has 3 N–H and O–H groups in total. The van der Waals surface area contributed by atoms with Crippen LogP contribution in [-0.2, 0) is 17.5 Å². The van der Waals surface area contributed by atoms with Crippen molar-refractivity contribution in [2.45, 2.75) is 32.5 Å². The molecule has 0 heterocycles. The molecule has 0 saturated heterocycles. The highest BCUT2D eigenvalue weighted by Crippen LogP contribution is 2.29. The van der Waals surface area contributed by atoms with E-state index in [0.717, 1.165) is 25.0 Å². The van der Waals surface area contributed by atoms with Gasteiger partial charge >= 0.3 is 6.18 Å². The summed E-state index contributed by atoms with van der Waals surface area (Å²) < 4.78 is 38.2. The second-order valence-electron chi connectivity index (χ2n) is 5.89. The van der Waals surface area contributed by atoms with E-state index in [1.165, 1.54) is 6.07 Å². The zero-order valence-electron chi connectivity index (χ0n) is 14.5. The molecule has 2 rings (SSSR count). The van der Waals surface area contributed by atoms with E-state index in [4.69, 9.17) is 0 Å². The van der Waals surface area contributed by atoms with Gasteiger partial charge in [-0.2, -0.15) is 13.2 Å². The summed E-state index contributed by atoms with van der Waals surface area (Å²) in [5, 5.41) is 8.91. The third kappa shape index (κ3) is 7.79. The molecule has 146 valence electrons. The lowest BCUT2D eigenvalue weighted by Crippen LogP contribution is -2.41. The van der Waals surface area contributed by atoms with Crippen LogP contribution in [-0.4, -0.2) is 31.5 Å². The van der Waals surface area contributed by atoms with Gasteiger partial charge in [0.2, 0.25) is 5.91 Å². The summed E-state index contributed by atoms with van der Waals surface area (Å²) in [6, 6.07) is 5.13. The highest BCUT2D eigenvalue weighted by atomic mass is 127. The minimum Gasteiger partial charge on any atom is -0.357 e. The van der Waals surface area contributed by atoms with Gasteiger partial charge in [-0.05, 0) is 37.5 Å². The molecule has 0 unspecified atom stereocenters. The van der Waals surface area contributed by atoms with Gasteiger partial charge in [0.1, 0.15) is 0 Å². The van der Waals surface area contributed by atoms with Gasteiger partial charge in [0, 0.05) is 25.6 Å². The van der Waals surface area contributed by atoms with Crippen LogP contribution in [0.2, 0.25) is 0 Å². The van der Waals surface area contributed by atoms with Gasteiger partial charge in [0.25, 0.3) is 0 Å². The maximum Gasteiger partial charge on any atom is 0.416 e. The topological polar surface area (TPSA) is 65.5 Å². The fourth-order valence-corrected chi connectivity index (χ4v) is 2.21. The summed E-state index contributed by atoms with van der Waals surface area (Å²) in [4.78, 5) is 15.8. The van der Waals surface area contributed by atoms with Crippen LogP contribution in [0.1, 0.15) is 30.9 Å². The van der Waals surface area contributed by atoms with Crippen molar-refractivity contribution in [3.8, 4) is 0 Å². The first kappa shape index (κ1) is 22.5. The van der Waals surface area contributed by atoms with Crippen LogP contribution in [0.25, 0.3) is 0 Å². The van der Waals surface area contributed by atoms with E-state index in [2.05, 4.69) is 20.9 Å². The van der Waals surface area contributed by atoms with Crippen LogP contribution >= 0.6 is 24.0 Å². The Hall–Kier alpha value is -1.52. The normalized spacial score (nSPS) is 14.4. The largest absolute Gasteiger partial charge is 0.416 e. The van der Waals surface area contributed by atoms with E-state index in [1.807, 2.05) is 6.92 Å². The Balaban J connectivity index is 0.00000338. The summed E-state index contributed by atoms with van der Waals surface area (Å²) >= 11 is 0. The van der Waals surface area contributed by atoms with E-state index in [-0.39, 0.29) is 42.3 Å². The van der Waals surface area contributed by atoms with E-state index < -0.39 is 11.7 Å². The molecule has 1 aliphatic rings. The Kier molecular flexibility index (Phi) is 9.17. The monoisotopic (exact) mass is 484 g/mol. The maximum atomic E-state index is 12.7. The van der Waals surface area contributed by atoms with Gasteiger partial charge in [-0.15, -0.1) is 24.0 Å². The average Bonchev–Trinajstić information content (AvgIpc) is 3.40.